The predicted molar refractivity (Wildman–Crippen MR) is 68.5 cm³/mol. The molecule has 0 spiro atoms. The molecule has 0 aliphatic carbocycles. The third-order valence-corrected chi connectivity index (χ3v) is 3.57. The second-order valence-electron chi connectivity index (χ2n) is 5.13. The lowest BCUT2D eigenvalue weighted by Crippen LogP contribution is -2.56. The summed E-state index contributed by atoms with van der Waals surface area (Å²) in [7, 11) is 0. The first-order valence-electron chi connectivity index (χ1n) is 6.48. The van der Waals surface area contributed by atoms with Crippen LogP contribution in [-0.2, 0) is 11.3 Å². The van der Waals surface area contributed by atoms with Crippen LogP contribution in [0.2, 0.25) is 0 Å². The average molecular weight is 268 g/mol. The lowest BCUT2D eigenvalue weighted by molar-refractivity contribution is -0.128. The number of halogens is 2. The maximum absolute atomic E-state index is 13.4. The maximum atomic E-state index is 13.4. The Morgan fingerprint density at radius 2 is 2.21 bits per heavy atom. The Morgan fingerprint density at radius 3 is 2.89 bits per heavy atom. The van der Waals surface area contributed by atoms with Gasteiger partial charge in [0.15, 0.2) is 0 Å². The van der Waals surface area contributed by atoms with Crippen molar-refractivity contribution in [1.82, 2.24) is 10.6 Å². The van der Waals surface area contributed by atoms with E-state index in [0.29, 0.717) is 0 Å². The molecule has 0 radical (unpaired) electrons. The van der Waals surface area contributed by atoms with E-state index in [0.717, 1.165) is 44.0 Å². The molecule has 1 aliphatic rings. The highest BCUT2D eigenvalue weighted by atomic mass is 19.1. The highest BCUT2D eigenvalue weighted by molar-refractivity contribution is 5.85. The minimum absolute atomic E-state index is 0.000301. The van der Waals surface area contributed by atoms with E-state index < -0.39 is 17.2 Å². The van der Waals surface area contributed by atoms with Gasteiger partial charge in [0.2, 0.25) is 5.91 Å². The second kappa shape index (κ2) is 5.65. The highest BCUT2D eigenvalue weighted by Gasteiger charge is 2.33. The van der Waals surface area contributed by atoms with E-state index in [1.54, 1.807) is 0 Å². The molecular weight excluding hydrogens is 250 g/mol. The Hall–Kier alpha value is -1.49. The number of carbonyl (C=O) groups is 1. The van der Waals surface area contributed by atoms with Gasteiger partial charge in [0.25, 0.3) is 0 Å². The summed E-state index contributed by atoms with van der Waals surface area (Å²) in [6, 6.07) is 3.23. The summed E-state index contributed by atoms with van der Waals surface area (Å²) in [5.74, 6) is -1.19. The van der Waals surface area contributed by atoms with Crippen LogP contribution in [-0.4, -0.2) is 18.0 Å². The Morgan fingerprint density at radius 1 is 1.42 bits per heavy atom. The van der Waals surface area contributed by atoms with Crippen LogP contribution in [0, 0.1) is 11.6 Å². The fourth-order valence-corrected chi connectivity index (χ4v) is 2.30. The molecular formula is C14H18F2N2O. The Kier molecular flexibility index (Phi) is 4.14. The van der Waals surface area contributed by atoms with Crippen LogP contribution >= 0.6 is 0 Å². The van der Waals surface area contributed by atoms with E-state index >= 15 is 0 Å². The van der Waals surface area contributed by atoms with Gasteiger partial charge < -0.3 is 10.6 Å². The van der Waals surface area contributed by atoms with Crippen molar-refractivity contribution in [2.45, 2.75) is 38.3 Å². The van der Waals surface area contributed by atoms with Crippen LogP contribution in [0.5, 0.6) is 0 Å². The summed E-state index contributed by atoms with van der Waals surface area (Å²) in [5, 5.41) is 5.85. The third-order valence-electron chi connectivity index (χ3n) is 3.57. The number of carbonyl (C=O) groups excluding carboxylic acids is 1. The lowest BCUT2D eigenvalue weighted by Gasteiger charge is -2.33. The molecule has 1 fully saturated rings. The van der Waals surface area contributed by atoms with E-state index in [1.165, 1.54) is 0 Å². The van der Waals surface area contributed by atoms with Gasteiger partial charge in [-0.1, -0.05) is 0 Å². The summed E-state index contributed by atoms with van der Waals surface area (Å²) in [6.07, 6.45) is 2.80. The van der Waals surface area contributed by atoms with Crippen LogP contribution in [0.25, 0.3) is 0 Å². The van der Waals surface area contributed by atoms with E-state index in [2.05, 4.69) is 10.6 Å². The van der Waals surface area contributed by atoms with Gasteiger partial charge in [-0.15, -0.1) is 0 Å². The van der Waals surface area contributed by atoms with Crippen molar-refractivity contribution in [3.8, 4) is 0 Å². The van der Waals surface area contributed by atoms with Crippen LogP contribution < -0.4 is 10.6 Å². The first kappa shape index (κ1) is 13.9. The molecule has 1 heterocycles. The SMILES string of the molecule is CC1(C(=O)NCc2cc(F)ccc2F)CCCCN1. The standard InChI is InChI=1S/C14H18F2N2O/c1-14(6-2-3-7-18-14)13(19)17-9-10-8-11(15)4-5-12(10)16/h4-5,8,18H,2-3,6-7,9H2,1H3,(H,17,19). The molecule has 0 aromatic heterocycles. The smallest absolute Gasteiger partial charge is 0.240 e. The van der Waals surface area contributed by atoms with Crippen molar-refractivity contribution in [1.29, 1.82) is 0 Å². The molecule has 0 saturated carbocycles. The van der Waals surface area contributed by atoms with Gasteiger partial charge in [-0.3, -0.25) is 4.79 Å². The van der Waals surface area contributed by atoms with Gasteiger partial charge in [0.1, 0.15) is 11.6 Å². The normalized spacial score (nSPS) is 23.1. The molecule has 0 bridgehead atoms. The highest BCUT2D eigenvalue weighted by Crippen LogP contribution is 2.19. The summed E-state index contributed by atoms with van der Waals surface area (Å²) in [4.78, 5) is 12.1. The number of amides is 1. The molecule has 1 atom stereocenters. The summed E-state index contributed by atoms with van der Waals surface area (Å²) >= 11 is 0. The van der Waals surface area contributed by atoms with Crippen molar-refractivity contribution < 1.29 is 13.6 Å². The molecule has 1 amide bonds. The average Bonchev–Trinajstić information content (AvgIpc) is 2.40. The zero-order valence-corrected chi connectivity index (χ0v) is 10.9. The largest absolute Gasteiger partial charge is 0.350 e. The summed E-state index contributed by atoms with van der Waals surface area (Å²) in [6.45, 7) is 2.64. The first-order chi connectivity index (χ1) is 9.01. The number of piperidine rings is 1. The number of hydrogen-bond donors (Lipinski definition) is 2. The molecule has 1 saturated heterocycles. The van der Waals surface area contributed by atoms with Gasteiger partial charge in [-0.25, -0.2) is 8.78 Å². The van der Waals surface area contributed by atoms with E-state index in [1.807, 2.05) is 6.92 Å². The second-order valence-corrected chi connectivity index (χ2v) is 5.13. The zero-order chi connectivity index (χ0) is 13.9. The number of benzene rings is 1. The van der Waals surface area contributed by atoms with E-state index in [9.17, 15) is 13.6 Å². The predicted octanol–water partition coefficient (Wildman–Crippen LogP) is 2.11. The Balaban J connectivity index is 1.98. The molecule has 104 valence electrons. The van der Waals surface area contributed by atoms with Gasteiger partial charge in [0, 0.05) is 12.1 Å². The van der Waals surface area contributed by atoms with Crippen LogP contribution in [0.1, 0.15) is 31.7 Å². The zero-order valence-electron chi connectivity index (χ0n) is 10.9. The number of rotatable bonds is 3. The van der Waals surface area contributed by atoms with Crippen molar-refractivity contribution in [3.63, 3.8) is 0 Å². The Labute approximate surface area is 111 Å². The topological polar surface area (TPSA) is 41.1 Å². The van der Waals surface area contributed by atoms with Crippen molar-refractivity contribution in [2.75, 3.05) is 6.54 Å². The molecule has 3 nitrogen and oxygen atoms in total. The van der Waals surface area contributed by atoms with Gasteiger partial charge in [0.05, 0.1) is 5.54 Å². The molecule has 1 aromatic rings. The minimum Gasteiger partial charge on any atom is -0.350 e. The lowest BCUT2D eigenvalue weighted by atomic mass is 9.90. The Bertz CT molecular complexity index is 471. The summed E-state index contributed by atoms with van der Waals surface area (Å²) < 4.78 is 26.4. The fourth-order valence-electron chi connectivity index (χ4n) is 2.30. The molecule has 2 N–H and O–H groups in total. The number of hydrogen-bond acceptors (Lipinski definition) is 2. The van der Waals surface area contributed by atoms with E-state index in [-0.39, 0.29) is 18.0 Å². The molecule has 19 heavy (non-hydrogen) atoms. The van der Waals surface area contributed by atoms with E-state index in [4.69, 9.17) is 0 Å². The first-order valence-corrected chi connectivity index (χ1v) is 6.48. The van der Waals surface area contributed by atoms with Crippen LogP contribution in [0.4, 0.5) is 8.78 Å². The molecule has 5 heteroatoms. The molecule has 1 aromatic carbocycles. The molecule has 1 unspecified atom stereocenters. The van der Waals surface area contributed by atoms with Crippen molar-refractivity contribution >= 4 is 5.91 Å². The monoisotopic (exact) mass is 268 g/mol. The third kappa shape index (κ3) is 3.29. The van der Waals surface area contributed by atoms with Crippen LogP contribution in [0.15, 0.2) is 18.2 Å². The molecule has 1 aliphatic heterocycles. The minimum atomic E-state index is -0.609. The van der Waals surface area contributed by atoms with Gasteiger partial charge >= 0.3 is 0 Å². The van der Waals surface area contributed by atoms with Crippen molar-refractivity contribution in [2.24, 2.45) is 0 Å². The summed E-state index contributed by atoms with van der Waals surface area (Å²) in [5.41, 5.74) is -0.449. The van der Waals surface area contributed by atoms with Crippen LogP contribution in [0.3, 0.4) is 0 Å². The number of nitrogens with one attached hydrogen (secondary N) is 2. The quantitative estimate of drug-likeness (QED) is 0.881. The maximum Gasteiger partial charge on any atom is 0.240 e. The van der Waals surface area contributed by atoms with Gasteiger partial charge in [-0.2, -0.15) is 0 Å². The fraction of sp³-hybridized carbons (Fsp3) is 0.500. The van der Waals surface area contributed by atoms with Crippen molar-refractivity contribution in [3.05, 3.63) is 35.4 Å². The van der Waals surface area contributed by atoms with Gasteiger partial charge in [-0.05, 0) is 50.9 Å². The molecule has 2 rings (SSSR count).